The Balaban J connectivity index is 1.90. The molecule has 0 radical (unpaired) electrons. The molecule has 17 heavy (non-hydrogen) atoms. The lowest BCUT2D eigenvalue weighted by atomic mass is 9.77. The van der Waals surface area contributed by atoms with Gasteiger partial charge in [0.2, 0.25) is 0 Å². The Bertz CT molecular complexity index is 233. The van der Waals surface area contributed by atoms with Crippen LogP contribution in [-0.4, -0.2) is 35.2 Å². The average molecular weight is 239 g/mol. The van der Waals surface area contributed by atoms with Crippen molar-refractivity contribution in [2.45, 2.75) is 77.4 Å². The number of aliphatic hydroxyl groups is 1. The zero-order chi connectivity index (χ0) is 12.3. The predicted octanol–water partition coefficient (Wildman–Crippen LogP) is 3.19. The van der Waals surface area contributed by atoms with Gasteiger partial charge in [0.05, 0.1) is 6.10 Å². The van der Waals surface area contributed by atoms with Gasteiger partial charge in [0.15, 0.2) is 0 Å². The van der Waals surface area contributed by atoms with Crippen molar-refractivity contribution in [2.24, 2.45) is 5.41 Å². The molecule has 1 N–H and O–H groups in total. The van der Waals surface area contributed by atoms with Gasteiger partial charge in [0, 0.05) is 6.04 Å². The first-order valence-corrected chi connectivity index (χ1v) is 7.57. The van der Waals surface area contributed by atoms with Crippen molar-refractivity contribution in [1.82, 2.24) is 4.90 Å². The number of rotatable bonds is 2. The van der Waals surface area contributed by atoms with Gasteiger partial charge in [0.1, 0.15) is 0 Å². The van der Waals surface area contributed by atoms with Crippen molar-refractivity contribution in [2.75, 3.05) is 13.1 Å². The Hall–Kier alpha value is -0.0800. The summed E-state index contributed by atoms with van der Waals surface area (Å²) in [7, 11) is 0. The average Bonchev–Trinajstić information content (AvgIpc) is 2.55. The third kappa shape index (κ3) is 3.23. The van der Waals surface area contributed by atoms with Crippen molar-refractivity contribution in [3.05, 3.63) is 0 Å². The number of nitrogens with zero attached hydrogens (tertiary/aromatic N) is 1. The zero-order valence-corrected chi connectivity index (χ0v) is 11.6. The fourth-order valence-corrected chi connectivity index (χ4v) is 3.44. The molecule has 2 atom stereocenters. The van der Waals surface area contributed by atoms with Gasteiger partial charge in [-0.25, -0.2) is 0 Å². The van der Waals surface area contributed by atoms with Crippen LogP contribution in [0.25, 0.3) is 0 Å². The lowest BCUT2D eigenvalue weighted by Crippen LogP contribution is -2.48. The molecule has 2 unspecified atom stereocenters. The summed E-state index contributed by atoms with van der Waals surface area (Å²) in [5, 5.41) is 10.2. The number of hydrogen-bond donors (Lipinski definition) is 1. The summed E-state index contributed by atoms with van der Waals surface area (Å²) in [5.41, 5.74) is 0.562. The van der Waals surface area contributed by atoms with Gasteiger partial charge in [-0.15, -0.1) is 0 Å². The van der Waals surface area contributed by atoms with Gasteiger partial charge in [-0.05, 0) is 44.2 Å². The molecular formula is C15H29NO. The Morgan fingerprint density at radius 3 is 2.41 bits per heavy atom. The van der Waals surface area contributed by atoms with E-state index in [0.29, 0.717) is 11.5 Å². The maximum absolute atomic E-state index is 10.2. The summed E-state index contributed by atoms with van der Waals surface area (Å²) >= 11 is 0. The maximum Gasteiger partial charge on any atom is 0.0695 e. The molecule has 0 spiro atoms. The van der Waals surface area contributed by atoms with Crippen LogP contribution in [0.4, 0.5) is 0 Å². The summed E-state index contributed by atoms with van der Waals surface area (Å²) in [4.78, 5) is 2.58. The van der Waals surface area contributed by atoms with E-state index >= 15 is 0 Å². The normalized spacial score (nSPS) is 35.5. The van der Waals surface area contributed by atoms with Crippen LogP contribution in [0.5, 0.6) is 0 Å². The van der Waals surface area contributed by atoms with Crippen LogP contribution in [0.2, 0.25) is 0 Å². The van der Waals surface area contributed by atoms with Crippen molar-refractivity contribution >= 4 is 0 Å². The van der Waals surface area contributed by atoms with E-state index in [1.807, 2.05) is 0 Å². The summed E-state index contributed by atoms with van der Waals surface area (Å²) in [5.74, 6) is 0. The molecule has 0 amide bonds. The van der Waals surface area contributed by atoms with Gasteiger partial charge >= 0.3 is 0 Å². The molecule has 0 bridgehead atoms. The third-order valence-electron chi connectivity index (χ3n) is 5.27. The quantitative estimate of drug-likeness (QED) is 0.748. The van der Waals surface area contributed by atoms with Gasteiger partial charge in [-0.2, -0.15) is 0 Å². The standard InChI is InChI=1S/C15H29NO/c1-3-15(2)9-11-16(12-10-15)13-7-5-4-6-8-14(13)17/h13-14,17H,3-12H2,1-2H3. The molecule has 2 aliphatic rings. The molecule has 2 nitrogen and oxygen atoms in total. The van der Waals surface area contributed by atoms with Gasteiger partial charge in [0.25, 0.3) is 0 Å². The van der Waals surface area contributed by atoms with E-state index in [4.69, 9.17) is 0 Å². The molecule has 2 rings (SSSR count). The van der Waals surface area contributed by atoms with E-state index in [9.17, 15) is 5.11 Å². The minimum absolute atomic E-state index is 0.0662. The molecule has 100 valence electrons. The molecule has 0 aromatic carbocycles. The Morgan fingerprint density at radius 2 is 1.76 bits per heavy atom. The molecule has 1 aliphatic carbocycles. The lowest BCUT2D eigenvalue weighted by molar-refractivity contribution is 0.00808. The molecule has 1 saturated carbocycles. The summed E-state index contributed by atoms with van der Waals surface area (Å²) in [6.45, 7) is 7.14. The molecule has 1 aliphatic heterocycles. The van der Waals surface area contributed by atoms with E-state index < -0.39 is 0 Å². The highest BCUT2D eigenvalue weighted by atomic mass is 16.3. The molecular weight excluding hydrogens is 210 g/mol. The van der Waals surface area contributed by atoms with Crippen LogP contribution in [0, 0.1) is 5.41 Å². The second-order valence-corrected chi connectivity index (χ2v) is 6.47. The topological polar surface area (TPSA) is 23.5 Å². The first kappa shape index (κ1) is 13.4. The van der Waals surface area contributed by atoms with E-state index in [-0.39, 0.29) is 6.10 Å². The second kappa shape index (κ2) is 5.71. The van der Waals surface area contributed by atoms with Crippen LogP contribution in [0.3, 0.4) is 0 Å². The highest BCUT2D eigenvalue weighted by Crippen LogP contribution is 2.36. The SMILES string of the molecule is CCC1(C)CCN(C2CCCCCC2O)CC1. The number of likely N-dealkylation sites (tertiary alicyclic amines) is 1. The van der Waals surface area contributed by atoms with Crippen LogP contribution in [0.15, 0.2) is 0 Å². The predicted molar refractivity (Wildman–Crippen MR) is 72.1 cm³/mol. The number of hydrogen-bond acceptors (Lipinski definition) is 2. The van der Waals surface area contributed by atoms with Gasteiger partial charge in [-0.1, -0.05) is 39.5 Å². The van der Waals surface area contributed by atoms with Crippen LogP contribution < -0.4 is 0 Å². The Labute approximate surface area is 106 Å². The largest absolute Gasteiger partial charge is 0.391 e. The lowest BCUT2D eigenvalue weighted by Gasteiger charge is -2.43. The van der Waals surface area contributed by atoms with E-state index in [1.165, 1.54) is 58.0 Å². The van der Waals surface area contributed by atoms with Crippen LogP contribution in [0.1, 0.15) is 65.2 Å². The summed E-state index contributed by atoms with van der Waals surface area (Å²) in [6, 6.07) is 0.457. The van der Waals surface area contributed by atoms with E-state index in [2.05, 4.69) is 18.7 Å². The van der Waals surface area contributed by atoms with Crippen molar-refractivity contribution < 1.29 is 5.11 Å². The Kier molecular flexibility index (Phi) is 4.48. The van der Waals surface area contributed by atoms with Gasteiger partial charge in [-0.3, -0.25) is 4.90 Å². The molecule has 0 aromatic heterocycles. The van der Waals surface area contributed by atoms with Gasteiger partial charge < -0.3 is 5.11 Å². The maximum atomic E-state index is 10.2. The molecule has 1 saturated heterocycles. The minimum Gasteiger partial charge on any atom is -0.391 e. The summed E-state index contributed by atoms with van der Waals surface area (Å²) in [6.07, 6.45) is 9.93. The van der Waals surface area contributed by atoms with Crippen LogP contribution >= 0.6 is 0 Å². The minimum atomic E-state index is -0.0662. The number of aliphatic hydroxyl groups excluding tert-OH is 1. The van der Waals surface area contributed by atoms with Crippen LogP contribution in [-0.2, 0) is 0 Å². The second-order valence-electron chi connectivity index (χ2n) is 6.47. The van der Waals surface area contributed by atoms with E-state index in [0.717, 1.165) is 6.42 Å². The van der Waals surface area contributed by atoms with Crippen molar-refractivity contribution in [3.8, 4) is 0 Å². The highest BCUT2D eigenvalue weighted by molar-refractivity contribution is 4.88. The van der Waals surface area contributed by atoms with E-state index in [1.54, 1.807) is 0 Å². The molecule has 2 fully saturated rings. The summed E-state index contributed by atoms with van der Waals surface area (Å²) < 4.78 is 0. The highest BCUT2D eigenvalue weighted by Gasteiger charge is 2.34. The Morgan fingerprint density at radius 1 is 1.12 bits per heavy atom. The molecule has 2 heteroatoms. The first-order chi connectivity index (χ1) is 8.14. The zero-order valence-electron chi connectivity index (χ0n) is 11.6. The first-order valence-electron chi connectivity index (χ1n) is 7.57. The van der Waals surface area contributed by atoms with Crippen molar-refractivity contribution in [3.63, 3.8) is 0 Å². The smallest absolute Gasteiger partial charge is 0.0695 e. The molecule has 1 heterocycles. The number of piperidine rings is 1. The fraction of sp³-hybridized carbons (Fsp3) is 1.00. The third-order valence-corrected chi connectivity index (χ3v) is 5.27. The van der Waals surface area contributed by atoms with Crippen molar-refractivity contribution in [1.29, 1.82) is 0 Å². The molecule has 0 aromatic rings. The monoisotopic (exact) mass is 239 g/mol. The fourth-order valence-electron chi connectivity index (χ4n) is 3.44.